The third-order valence-corrected chi connectivity index (χ3v) is 4.03. The van der Waals surface area contributed by atoms with Gasteiger partial charge in [-0.2, -0.15) is 11.8 Å². The molecule has 0 aromatic carbocycles. The lowest BCUT2D eigenvalue weighted by Gasteiger charge is -2.13. The minimum Gasteiger partial charge on any atom is -0.444 e. The van der Waals surface area contributed by atoms with Crippen LogP contribution in [0, 0.1) is 0 Å². The molecule has 1 saturated heterocycles. The number of hydrogen-bond donors (Lipinski definition) is 0. The molecule has 0 spiro atoms. The smallest absolute Gasteiger partial charge is 0.289 e. The monoisotopic (exact) mass is 289 g/mol. The van der Waals surface area contributed by atoms with E-state index in [1.54, 1.807) is 12.1 Å². The molecule has 1 amide bonds. The fourth-order valence-corrected chi connectivity index (χ4v) is 2.67. The zero-order valence-corrected chi connectivity index (χ0v) is 10.8. The van der Waals surface area contributed by atoms with Crippen molar-refractivity contribution in [3.05, 3.63) is 22.6 Å². The largest absolute Gasteiger partial charge is 0.444 e. The van der Waals surface area contributed by atoms with E-state index < -0.39 is 0 Å². The van der Waals surface area contributed by atoms with E-state index in [2.05, 4.69) is 22.2 Å². The number of rotatable bonds is 2. The van der Waals surface area contributed by atoms with Crippen molar-refractivity contribution >= 4 is 33.6 Å². The van der Waals surface area contributed by atoms with Gasteiger partial charge in [-0.15, -0.1) is 0 Å². The molecule has 1 unspecified atom stereocenters. The summed E-state index contributed by atoms with van der Waals surface area (Å²) in [5.41, 5.74) is 0. The Morgan fingerprint density at radius 2 is 2.47 bits per heavy atom. The third kappa shape index (κ3) is 2.39. The minimum absolute atomic E-state index is 0.00255. The highest BCUT2D eigenvalue weighted by Crippen LogP contribution is 2.23. The predicted octanol–water partition coefficient (Wildman–Crippen LogP) is 2.62. The topological polar surface area (TPSA) is 33.5 Å². The van der Waals surface area contributed by atoms with Gasteiger partial charge in [0.05, 0.1) is 0 Å². The molecule has 5 heteroatoms. The summed E-state index contributed by atoms with van der Waals surface area (Å²) in [7, 11) is 0. The van der Waals surface area contributed by atoms with Crippen LogP contribution in [-0.2, 0) is 0 Å². The van der Waals surface area contributed by atoms with Gasteiger partial charge in [-0.3, -0.25) is 4.79 Å². The average molecular weight is 290 g/mol. The molecule has 1 atom stereocenters. The molecule has 82 valence electrons. The summed E-state index contributed by atoms with van der Waals surface area (Å²) in [6, 6.07) is 3.45. The summed E-state index contributed by atoms with van der Waals surface area (Å²) in [6.07, 6.45) is 3.16. The first-order chi connectivity index (χ1) is 7.20. The molecule has 1 aliphatic rings. The summed E-state index contributed by atoms with van der Waals surface area (Å²) < 4.78 is 5.85. The van der Waals surface area contributed by atoms with Crippen LogP contribution >= 0.6 is 27.7 Å². The molecule has 1 aromatic rings. The summed E-state index contributed by atoms with van der Waals surface area (Å²) in [6.45, 7) is 1.67. The molecule has 0 bridgehead atoms. The molecule has 15 heavy (non-hydrogen) atoms. The van der Waals surface area contributed by atoms with Crippen LogP contribution in [0.15, 0.2) is 21.2 Å². The molecule has 0 radical (unpaired) electrons. The van der Waals surface area contributed by atoms with Gasteiger partial charge in [0.15, 0.2) is 10.4 Å². The lowest BCUT2D eigenvalue weighted by Crippen LogP contribution is -2.28. The highest BCUT2D eigenvalue weighted by molar-refractivity contribution is 9.10. The second-order valence-electron chi connectivity index (χ2n) is 3.50. The quantitative estimate of drug-likeness (QED) is 0.839. The fourth-order valence-electron chi connectivity index (χ4n) is 1.69. The number of carbonyl (C=O) groups excluding carboxylic acids is 1. The van der Waals surface area contributed by atoms with Crippen LogP contribution in [0.4, 0.5) is 0 Å². The molecule has 1 aromatic heterocycles. The van der Waals surface area contributed by atoms with Crippen LogP contribution in [0.1, 0.15) is 17.0 Å². The van der Waals surface area contributed by atoms with Crippen LogP contribution in [-0.4, -0.2) is 35.4 Å². The van der Waals surface area contributed by atoms with Gasteiger partial charge >= 0.3 is 0 Å². The molecule has 3 nitrogen and oxygen atoms in total. The van der Waals surface area contributed by atoms with Crippen molar-refractivity contribution in [1.82, 2.24) is 4.90 Å². The van der Waals surface area contributed by atoms with Gasteiger partial charge in [0.2, 0.25) is 0 Å². The van der Waals surface area contributed by atoms with Crippen LogP contribution in [0.5, 0.6) is 0 Å². The van der Waals surface area contributed by atoms with Crippen LogP contribution in [0.2, 0.25) is 0 Å². The van der Waals surface area contributed by atoms with Crippen molar-refractivity contribution in [3.8, 4) is 0 Å². The minimum atomic E-state index is -0.00255. The molecular weight excluding hydrogens is 278 g/mol. The standard InChI is InChI=1S/C10H12BrNO2S/c1-15-7-4-5-12(6-7)10(13)8-2-3-9(11)14-8/h2-3,7H,4-6H2,1H3. The SMILES string of the molecule is CSC1CCN(C(=O)c2ccc(Br)o2)C1. The molecule has 0 aliphatic carbocycles. The number of furan rings is 1. The number of likely N-dealkylation sites (tertiary alicyclic amines) is 1. The third-order valence-electron chi connectivity index (χ3n) is 2.55. The molecule has 1 fully saturated rings. The molecule has 0 N–H and O–H groups in total. The van der Waals surface area contributed by atoms with E-state index in [0.29, 0.717) is 15.7 Å². The number of carbonyl (C=O) groups is 1. The Balaban J connectivity index is 2.03. The maximum absolute atomic E-state index is 11.9. The number of thioether (sulfide) groups is 1. The fraction of sp³-hybridized carbons (Fsp3) is 0.500. The number of nitrogens with zero attached hydrogens (tertiary/aromatic N) is 1. The zero-order valence-electron chi connectivity index (χ0n) is 8.40. The Bertz CT molecular complexity index is 366. The lowest BCUT2D eigenvalue weighted by molar-refractivity contribution is 0.0760. The van der Waals surface area contributed by atoms with Crippen LogP contribution in [0.3, 0.4) is 0 Å². The Morgan fingerprint density at radius 3 is 3.00 bits per heavy atom. The normalized spacial score (nSPS) is 20.9. The number of hydrogen-bond acceptors (Lipinski definition) is 3. The van der Waals surface area contributed by atoms with Crippen molar-refractivity contribution in [2.45, 2.75) is 11.7 Å². The Kier molecular flexibility index (Phi) is 3.41. The predicted molar refractivity (Wildman–Crippen MR) is 64.2 cm³/mol. The first-order valence-electron chi connectivity index (χ1n) is 4.78. The van der Waals surface area contributed by atoms with Gasteiger partial charge in [0.1, 0.15) is 0 Å². The maximum Gasteiger partial charge on any atom is 0.289 e. The van der Waals surface area contributed by atoms with E-state index in [9.17, 15) is 4.79 Å². The summed E-state index contributed by atoms with van der Waals surface area (Å²) in [5.74, 6) is 0.417. The first-order valence-corrected chi connectivity index (χ1v) is 6.86. The highest BCUT2D eigenvalue weighted by atomic mass is 79.9. The van der Waals surface area contributed by atoms with E-state index in [-0.39, 0.29) is 5.91 Å². The molecule has 0 saturated carbocycles. The van der Waals surface area contributed by atoms with E-state index in [0.717, 1.165) is 19.5 Å². The van der Waals surface area contributed by atoms with Gasteiger partial charge < -0.3 is 9.32 Å². The molecule has 1 aliphatic heterocycles. The van der Waals surface area contributed by atoms with E-state index in [1.807, 2.05) is 16.7 Å². The Labute approximate surface area is 101 Å². The van der Waals surface area contributed by atoms with Crippen LogP contribution < -0.4 is 0 Å². The molecule has 2 heterocycles. The van der Waals surface area contributed by atoms with Crippen molar-refractivity contribution in [2.75, 3.05) is 19.3 Å². The van der Waals surface area contributed by atoms with Gasteiger partial charge in [0.25, 0.3) is 5.91 Å². The average Bonchev–Trinajstić information content (AvgIpc) is 2.84. The Hall–Kier alpha value is -0.420. The summed E-state index contributed by atoms with van der Waals surface area (Å²) in [4.78, 5) is 13.8. The maximum atomic E-state index is 11.9. The number of halogens is 1. The van der Waals surface area contributed by atoms with Crippen molar-refractivity contribution in [3.63, 3.8) is 0 Å². The van der Waals surface area contributed by atoms with Gasteiger partial charge in [-0.05, 0) is 40.7 Å². The van der Waals surface area contributed by atoms with Crippen molar-refractivity contribution < 1.29 is 9.21 Å². The van der Waals surface area contributed by atoms with Crippen molar-refractivity contribution in [1.29, 1.82) is 0 Å². The van der Waals surface area contributed by atoms with E-state index >= 15 is 0 Å². The Morgan fingerprint density at radius 1 is 1.67 bits per heavy atom. The molecular formula is C10H12BrNO2S. The lowest BCUT2D eigenvalue weighted by atomic mass is 10.4. The highest BCUT2D eigenvalue weighted by Gasteiger charge is 2.27. The van der Waals surface area contributed by atoms with Gasteiger partial charge in [0, 0.05) is 18.3 Å². The van der Waals surface area contributed by atoms with Crippen molar-refractivity contribution in [2.24, 2.45) is 0 Å². The molecule has 2 rings (SSSR count). The second-order valence-corrected chi connectivity index (χ2v) is 5.42. The summed E-state index contributed by atoms with van der Waals surface area (Å²) in [5, 5.41) is 0.576. The summed E-state index contributed by atoms with van der Waals surface area (Å²) >= 11 is 5.01. The number of amides is 1. The van der Waals surface area contributed by atoms with E-state index in [4.69, 9.17) is 4.42 Å². The second kappa shape index (κ2) is 4.61. The van der Waals surface area contributed by atoms with Gasteiger partial charge in [-0.25, -0.2) is 0 Å². The van der Waals surface area contributed by atoms with E-state index in [1.165, 1.54) is 0 Å². The zero-order chi connectivity index (χ0) is 10.8. The first kappa shape index (κ1) is 11.1. The van der Waals surface area contributed by atoms with Gasteiger partial charge in [-0.1, -0.05) is 0 Å². The van der Waals surface area contributed by atoms with Crippen LogP contribution in [0.25, 0.3) is 0 Å².